The van der Waals surface area contributed by atoms with Crippen molar-refractivity contribution in [3.05, 3.63) is 39.2 Å². The minimum Gasteiger partial charge on any atom is -0.368 e. The Balaban J connectivity index is 1.99. The van der Waals surface area contributed by atoms with E-state index >= 15 is 8.78 Å². The molecule has 2 aliphatic rings. The van der Waals surface area contributed by atoms with Gasteiger partial charge in [-0.2, -0.15) is 0 Å². The molecule has 27 heavy (non-hydrogen) atoms. The molecule has 0 amide bonds. The lowest BCUT2D eigenvalue weighted by atomic mass is 10.0. The van der Waals surface area contributed by atoms with Gasteiger partial charge in [-0.05, 0) is 44.6 Å². The first kappa shape index (κ1) is 18.4. The topological polar surface area (TPSA) is 77.3 Å². The van der Waals surface area contributed by atoms with Gasteiger partial charge in [0, 0.05) is 48.7 Å². The normalized spacial score (nSPS) is 21.3. The van der Waals surface area contributed by atoms with Crippen LogP contribution in [-0.2, 0) is 6.54 Å². The molecular formula is C20H26F2N4O. The second-order valence-electron chi connectivity index (χ2n) is 7.99. The van der Waals surface area contributed by atoms with Crippen molar-refractivity contribution in [2.45, 2.75) is 51.7 Å². The van der Waals surface area contributed by atoms with Crippen LogP contribution in [0.5, 0.6) is 0 Å². The first-order chi connectivity index (χ1) is 12.8. The van der Waals surface area contributed by atoms with Gasteiger partial charge in [0.25, 0.3) is 5.56 Å². The minimum atomic E-state index is -0.912. The van der Waals surface area contributed by atoms with Crippen LogP contribution in [0.1, 0.15) is 43.4 Å². The van der Waals surface area contributed by atoms with E-state index in [1.165, 1.54) is 6.07 Å². The SMILES string of the molecule is Cc1c(N2CC[C@@H]([C@H](C)N)C2)c(F)c(F)c2c(CN)cc(=O)n(C3CC3)c12. The van der Waals surface area contributed by atoms with Gasteiger partial charge in [0.05, 0.1) is 11.2 Å². The summed E-state index contributed by atoms with van der Waals surface area (Å²) in [5, 5.41) is 0.144. The molecule has 0 spiro atoms. The maximum atomic E-state index is 15.2. The van der Waals surface area contributed by atoms with Gasteiger partial charge in [-0.3, -0.25) is 4.79 Å². The van der Waals surface area contributed by atoms with Crippen LogP contribution in [0.25, 0.3) is 10.9 Å². The quantitative estimate of drug-likeness (QED) is 0.860. The average molecular weight is 376 g/mol. The number of hydrogen-bond acceptors (Lipinski definition) is 4. The van der Waals surface area contributed by atoms with Gasteiger partial charge in [-0.1, -0.05) is 0 Å². The second kappa shape index (κ2) is 6.56. The van der Waals surface area contributed by atoms with Crippen molar-refractivity contribution >= 4 is 16.6 Å². The number of nitrogens with zero attached hydrogens (tertiary/aromatic N) is 2. The van der Waals surface area contributed by atoms with Crippen molar-refractivity contribution in [3.8, 4) is 0 Å². The molecule has 2 fully saturated rings. The van der Waals surface area contributed by atoms with Crippen molar-refractivity contribution in [2.24, 2.45) is 17.4 Å². The minimum absolute atomic E-state index is 0.00263. The molecule has 1 aliphatic heterocycles. The van der Waals surface area contributed by atoms with E-state index in [0.29, 0.717) is 29.7 Å². The van der Waals surface area contributed by atoms with Crippen molar-refractivity contribution in [1.29, 1.82) is 0 Å². The number of aromatic nitrogens is 1. The van der Waals surface area contributed by atoms with Gasteiger partial charge in [-0.25, -0.2) is 8.78 Å². The second-order valence-corrected chi connectivity index (χ2v) is 7.99. The predicted octanol–water partition coefficient (Wildman–Crippen LogP) is 2.56. The number of fused-ring (bicyclic) bond motifs is 1. The summed E-state index contributed by atoms with van der Waals surface area (Å²) in [5.41, 5.74) is 13.3. The third-order valence-corrected chi connectivity index (χ3v) is 6.08. The first-order valence-corrected chi connectivity index (χ1v) is 9.61. The highest BCUT2D eigenvalue weighted by Crippen LogP contribution is 2.42. The van der Waals surface area contributed by atoms with Crippen LogP contribution >= 0.6 is 0 Å². The van der Waals surface area contributed by atoms with Crippen LogP contribution in [-0.4, -0.2) is 23.7 Å². The van der Waals surface area contributed by atoms with Gasteiger partial charge >= 0.3 is 0 Å². The molecule has 1 aromatic carbocycles. The lowest BCUT2D eigenvalue weighted by Crippen LogP contribution is -2.31. The number of halogens is 2. The van der Waals surface area contributed by atoms with E-state index < -0.39 is 11.6 Å². The zero-order valence-corrected chi connectivity index (χ0v) is 15.8. The Morgan fingerprint density at radius 1 is 1.26 bits per heavy atom. The van der Waals surface area contributed by atoms with E-state index in [1.54, 1.807) is 11.5 Å². The highest BCUT2D eigenvalue weighted by molar-refractivity contribution is 5.91. The molecule has 2 aromatic rings. The Morgan fingerprint density at radius 2 is 1.96 bits per heavy atom. The van der Waals surface area contributed by atoms with Gasteiger partial charge in [0.2, 0.25) is 0 Å². The van der Waals surface area contributed by atoms with Gasteiger partial charge in [0.1, 0.15) is 0 Å². The largest absolute Gasteiger partial charge is 0.368 e. The molecule has 1 saturated heterocycles. The standard InChI is InChI=1S/C20H26F2N4O/c1-10-19-16(13(8-23)7-15(27)26(19)14-3-4-14)17(21)18(22)20(10)25-6-5-12(9-25)11(2)24/h7,11-12,14H,3-6,8-9,23-24H2,1-2H3/t11-,12+/m0/s1. The molecule has 0 radical (unpaired) electrons. The van der Waals surface area contributed by atoms with E-state index in [2.05, 4.69) is 0 Å². The van der Waals surface area contributed by atoms with Crippen LogP contribution in [0.15, 0.2) is 10.9 Å². The average Bonchev–Trinajstić information content (AvgIpc) is 3.35. The van der Waals surface area contributed by atoms with E-state index in [0.717, 1.165) is 19.3 Å². The molecule has 2 heterocycles. The van der Waals surface area contributed by atoms with Gasteiger partial charge in [0.15, 0.2) is 11.6 Å². The molecule has 7 heteroatoms. The fraction of sp³-hybridized carbons (Fsp3) is 0.550. The number of benzene rings is 1. The third kappa shape index (κ3) is 2.84. The molecular weight excluding hydrogens is 350 g/mol. The first-order valence-electron chi connectivity index (χ1n) is 9.61. The highest BCUT2D eigenvalue weighted by Gasteiger charge is 2.34. The van der Waals surface area contributed by atoms with Crippen molar-refractivity contribution in [1.82, 2.24) is 4.57 Å². The van der Waals surface area contributed by atoms with Crippen LogP contribution in [0.2, 0.25) is 0 Å². The molecule has 146 valence electrons. The molecule has 1 aromatic heterocycles. The number of nitrogens with two attached hydrogens (primary N) is 2. The Kier molecular flexibility index (Phi) is 4.47. The Labute approximate surface area is 156 Å². The van der Waals surface area contributed by atoms with E-state index in [9.17, 15) is 4.79 Å². The number of pyridine rings is 1. The molecule has 0 bridgehead atoms. The number of rotatable bonds is 4. The molecule has 1 aliphatic carbocycles. The zero-order chi connectivity index (χ0) is 19.5. The Morgan fingerprint density at radius 3 is 2.52 bits per heavy atom. The number of aryl methyl sites for hydroxylation is 1. The number of anilines is 1. The zero-order valence-electron chi connectivity index (χ0n) is 15.8. The van der Waals surface area contributed by atoms with Gasteiger partial charge < -0.3 is 20.9 Å². The van der Waals surface area contributed by atoms with Gasteiger partial charge in [-0.15, -0.1) is 0 Å². The fourth-order valence-corrected chi connectivity index (χ4v) is 4.43. The molecule has 4 N–H and O–H groups in total. The molecule has 0 unspecified atom stereocenters. The maximum Gasteiger partial charge on any atom is 0.251 e. The lowest BCUT2D eigenvalue weighted by molar-refractivity contribution is 0.485. The predicted molar refractivity (Wildman–Crippen MR) is 103 cm³/mol. The summed E-state index contributed by atoms with van der Waals surface area (Å²) >= 11 is 0. The molecule has 4 rings (SSSR count). The lowest BCUT2D eigenvalue weighted by Gasteiger charge is -2.26. The number of hydrogen-bond donors (Lipinski definition) is 2. The van der Waals surface area contributed by atoms with Crippen LogP contribution in [0.3, 0.4) is 0 Å². The smallest absolute Gasteiger partial charge is 0.251 e. The van der Waals surface area contributed by atoms with Crippen molar-refractivity contribution < 1.29 is 8.78 Å². The van der Waals surface area contributed by atoms with E-state index in [-0.39, 0.29) is 41.2 Å². The van der Waals surface area contributed by atoms with Crippen LogP contribution in [0.4, 0.5) is 14.5 Å². The summed E-state index contributed by atoms with van der Waals surface area (Å²) < 4.78 is 32.0. The summed E-state index contributed by atoms with van der Waals surface area (Å²) in [6, 6.07) is 1.40. The van der Waals surface area contributed by atoms with Crippen molar-refractivity contribution in [3.63, 3.8) is 0 Å². The third-order valence-electron chi connectivity index (χ3n) is 6.08. The molecule has 5 nitrogen and oxygen atoms in total. The Bertz CT molecular complexity index is 965. The van der Waals surface area contributed by atoms with Crippen LogP contribution < -0.4 is 21.9 Å². The van der Waals surface area contributed by atoms with E-state index in [1.807, 2.05) is 11.8 Å². The summed E-state index contributed by atoms with van der Waals surface area (Å²) in [6.07, 6.45) is 2.59. The summed E-state index contributed by atoms with van der Waals surface area (Å²) in [7, 11) is 0. The summed E-state index contributed by atoms with van der Waals surface area (Å²) in [6.45, 7) is 4.92. The molecule has 1 saturated carbocycles. The van der Waals surface area contributed by atoms with Crippen LogP contribution in [0, 0.1) is 24.5 Å². The Hall–Kier alpha value is -1.99. The maximum absolute atomic E-state index is 15.2. The van der Waals surface area contributed by atoms with Crippen molar-refractivity contribution in [2.75, 3.05) is 18.0 Å². The monoisotopic (exact) mass is 376 g/mol. The summed E-state index contributed by atoms with van der Waals surface area (Å²) in [4.78, 5) is 14.6. The highest BCUT2D eigenvalue weighted by atomic mass is 19.2. The molecule has 2 atom stereocenters. The summed E-state index contributed by atoms with van der Waals surface area (Å²) in [5.74, 6) is -1.53. The fourth-order valence-electron chi connectivity index (χ4n) is 4.43. The van der Waals surface area contributed by atoms with E-state index in [4.69, 9.17) is 11.5 Å².